The predicted octanol–water partition coefficient (Wildman–Crippen LogP) is 2.88. The van der Waals surface area contributed by atoms with Gasteiger partial charge in [-0.15, -0.1) is 0 Å². The highest BCUT2D eigenvalue weighted by atomic mass is 16.5. The van der Waals surface area contributed by atoms with Crippen LogP contribution in [0.1, 0.15) is 50.8 Å². The molecule has 3 amide bonds. The summed E-state index contributed by atoms with van der Waals surface area (Å²) in [6.45, 7) is 1.93. The maximum atomic E-state index is 12.3. The average Bonchev–Trinajstić information content (AvgIpc) is 2.93. The molecule has 0 unspecified atom stereocenters. The van der Waals surface area contributed by atoms with Gasteiger partial charge in [-0.1, -0.05) is 31.5 Å². The fourth-order valence-corrected chi connectivity index (χ4v) is 2.84. The van der Waals surface area contributed by atoms with Crippen molar-refractivity contribution in [2.45, 2.75) is 19.8 Å². The van der Waals surface area contributed by atoms with E-state index in [0.717, 1.165) is 17.7 Å². The van der Waals surface area contributed by atoms with Crippen molar-refractivity contribution in [1.29, 1.82) is 0 Å². The maximum absolute atomic E-state index is 12.3. The zero-order valence-electron chi connectivity index (χ0n) is 15.4. The quantitative estimate of drug-likeness (QED) is 0.453. The number of rotatable bonds is 7. The zero-order valence-corrected chi connectivity index (χ0v) is 15.4. The zero-order chi connectivity index (χ0) is 20.1. The first-order chi connectivity index (χ1) is 13.5. The molecule has 1 N–H and O–H groups in total. The van der Waals surface area contributed by atoms with Crippen LogP contribution in [0.4, 0.5) is 5.69 Å². The third-order valence-electron chi connectivity index (χ3n) is 4.29. The molecule has 0 saturated carbocycles. The van der Waals surface area contributed by atoms with Gasteiger partial charge in [0.2, 0.25) is 5.91 Å². The summed E-state index contributed by atoms with van der Waals surface area (Å²) >= 11 is 0. The molecule has 0 fully saturated rings. The Morgan fingerprint density at radius 2 is 1.68 bits per heavy atom. The molecule has 0 aromatic heterocycles. The Morgan fingerprint density at radius 1 is 1.00 bits per heavy atom. The third kappa shape index (κ3) is 4.09. The second kappa shape index (κ2) is 8.47. The summed E-state index contributed by atoms with van der Waals surface area (Å²) in [6.07, 6.45) is 1.70. The van der Waals surface area contributed by atoms with E-state index >= 15 is 0 Å². The van der Waals surface area contributed by atoms with Crippen molar-refractivity contribution in [1.82, 2.24) is 4.90 Å². The number of benzene rings is 2. The average molecular weight is 380 g/mol. The van der Waals surface area contributed by atoms with Crippen LogP contribution in [0.15, 0.2) is 48.5 Å². The molecule has 2 aromatic carbocycles. The summed E-state index contributed by atoms with van der Waals surface area (Å²) in [5, 5.41) is 2.61. The van der Waals surface area contributed by atoms with E-state index in [2.05, 4.69) is 5.32 Å². The number of nitrogens with one attached hydrogen (secondary N) is 1. The van der Waals surface area contributed by atoms with Crippen LogP contribution >= 0.6 is 0 Å². The van der Waals surface area contributed by atoms with Crippen molar-refractivity contribution < 1.29 is 23.9 Å². The van der Waals surface area contributed by atoms with E-state index < -0.39 is 30.2 Å². The van der Waals surface area contributed by atoms with Gasteiger partial charge in [-0.05, 0) is 36.8 Å². The van der Waals surface area contributed by atoms with Crippen LogP contribution in [-0.4, -0.2) is 41.7 Å². The predicted molar refractivity (Wildman–Crippen MR) is 102 cm³/mol. The Bertz CT molecular complexity index is 903. The first kappa shape index (κ1) is 19.3. The third-order valence-corrected chi connectivity index (χ3v) is 4.29. The number of hydrogen-bond acceptors (Lipinski definition) is 5. The lowest BCUT2D eigenvalue weighted by Crippen LogP contribution is -2.37. The van der Waals surface area contributed by atoms with Gasteiger partial charge in [0.05, 0.1) is 23.3 Å². The van der Waals surface area contributed by atoms with Gasteiger partial charge in [-0.2, -0.15) is 0 Å². The number of ether oxygens (including phenoxy) is 1. The number of carbonyl (C=O) groups excluding carboxylic acids is 4. The molecule has 1 aliphatic rings. The first-order valence-electron chi connectivity index (χ1n) is 9.03. The minimum atomic E-state index is -0.536. The summed E-state index contributed by atoms with van der Waals surface area (Å²) in [4.78, 5) is 49.9. The number of hydrogen-bond donors (Lipinski definition) is 1. The molecule has 0 aliphatic carbocycles. The van der Waals surface area contributed by atoms with E-state index in [-0.39, 0.29) is 11.1 Å². The molecule has 0 saturated heterocycles. The van der Waals surface area contributed by atoms with Gasteiger partial charge in [0.15, 0.2) is 0 Å². The number of esters is 1. The van der Waals surface area contributed by atoms with E-state index in [9.17, 15) is 19.2 Å². The molecule has 1 heterocycles. The van der Waals surface area contributed by atoms with Crippen LogP contribution in [-0.2, 0) is 9.53 Å². The Morgan fingerprint density at radius 3 is 2.32 bits per heavy atom. The van der Waals surface area contributed by atoms with Crippen LogP contribution in [0, 0.1) is 0 Å². The Labute approximate surface area is 162 Å². The second-order valence-electron chi connectivity index (χ2n) is 6.36. The highest BCUT2D eigenvalue weighted by Gasteiger charge is 2.36. The van der Waals surface area contributed by atoms with Crippen LogP contribution < -0.4 is 5.32 Å². The number of fused-ring (bicyclic) bond motifs is 1. The standard InChI is InChI=1S/C21H20N2O5/c1-2-3-11-28-21(27)14-7-6-8-15(12-14)22-18(24)13-23-19(25)16-9-4-5-10-17(16)20(23)26/h4-10,12H,2-3,11,13H2,1H3,(H,22,24). The van der Waals surface area contributed by atoms with Crippen molar-refractivity contribution in [3.05, 3.63) is 65.2 Å². The van der Waals surface area contributed by atoms with E-state index in [1.165, 1.54) is 6.07 Å². The minimum absolute atomic E-state index is 0.289. The number of carbonyl (C=O) groups is 4. The van der Waals surface area contributed by atoms with E-state index in [1.54, 1.807) is 42.5 Å². The van der Waals surface area contributed by atoms with Crippen molar-refractivity contribution in [3.8, 4) is 0 Å². The van der Waals surface area contributed by atoms with E-state index in [1.807, 2.05) is 6.92 Å². The molecule has 0 atom stereocenters. The molecule has 2 aromatic rings. The Kier molecular flexibility index (Phi) is 5.84. The van der Waals surface area contributed by atoms with Crippen molar-refractivity contribution >= 4 is 29.4 Å². The van der Waals surface area contributed by atoms with Gasteiger partial charge < -0.3 is 10.1 Å². The van der Waals surface area contributed by atoms with Crippen molar-refractivity contribution in [2.24, 2.45) is 0 Å². The molecular formula is C21H20N2O5. The van der Waals surface area contributed by atoms with Gasteiger partial charge in [0.1, 0.15) is 6.54 Å². The smallest absolute Gasteiger partial charge is 0.338 e. The van der Waals surface area contributed by atoms with Crippen LogP contribution in [0.5, 0.6) is 0 Å². The normalized spacial score (nSPS) is 12.7. The van der Waals surface area contributed by atoms with Gasteiger partial charge >= 0.3 is 5.97 Å². The summed E-state index contributed by atoms with van der Waals surface area (Å²) < 4.78 is 5.15. The molecule has 7 nitrogen and oxygen atoms in total. The molecule has 0 spiro atoms. The lowest BCUT2D eigenvalue weighted by molar-refractivity contribution is -0.116. The molecule has 144 valence electrons. The molecule has 28 heavy (non-hydrogen) atoms. The van der Waals surface area contributed by atoms with Crippen molar-refractivity contribution in [3.63, 3.8) is 0 Å². The molecule has 0 bridgehead atoms. The molecule has 7 heteroatoms. The Balaban J connectivity index is 1.63. The SMILES string of the molecule is CCCCOC(=O)c1cccc(NC(=O)CN2C(=O)c3ccccc3C2=O)c1. The molecule has 1 aliphatic heterocycles. The molecular weight excluding hydrogens is 360 g/mol. The van der Waals surface area contributed by atoms with Gasteiger partial charge in [-0.25, -0.2) is 4.79 Å². The van der Waals surface area contributed by atoms with E-state index in [4.69, 9.17) is 4.74 Å². The fourth-order valence-electron chi connectivity index (χ4n) is 2.84. The minimum Gasteiger partial charge on any atom is -0.462 e. The number of nitrogens with zero attached hydrogens (tertiary/aromatic N) is 1. The van der Waals surface area contributed by atoms with Gasteiger partial charge in [-0.3, -0.25) is 19.3 Å². The monoisotopic (exact) mass is 380 g/mol. The van der Waals surface area contributed by atoms with Crippen LogP contribution in [0.2, 0.25) is 0 Å². The number of anilines is 1. The lowest BCUT2D eigenvalue weighted by atomic mass is 10.1. The number of unbranched alkanes of at least 4 members (excludes halogenated alkanes) is 1. The highest BCUT2D eigenvalue weighted by Crippen LogP contribution is 2.22. The Hall–Kier alpha value is -3.48. The van der Waals surface area contributed by atoms with Crippen LogP contribution in [0.3, 0.4) is 0 Å². The van der Waals surface area contributed by atoms with Gasteiger partial charge in [0, 0.05) is 5.69 Å². The number of imide groups is 1. The summed E-state index contributed by atoms with van der Waals surface area (Å²) in [5.74, 6) is -2.00. The fraction of sp³-hybridized carbons (Fsp3) is 0.238. The van der Waals surface area contributed by atoms with Crippen molar-refractivity contribution in [2.75, 3.05) is 18.5 Å². The molecule has 3 rings (SSSR count). The summed E-state index contributed by atoms with van der Waals surface area (Å²) in [5.41, 5.74) is 1.27. The number of amides is 3. The second-order valence-corrected chi connectivity index (χ2v) is 6.36. The topological polar surface area (TPSA) is 92.8 Å². The largest absolute Gasteiger partial charge is 0.462 e. The first-order valence-corrected chi connectivity index (χ1v) is 9.03. The van der Waals surface area contributed by atoms with Crippen LogP contribution in [0.25, 0.3) is 0 Å². The summed E-state index contributed by atoms with van der Waals surface area (Å²) in [7, 11) is 0. The highest BCUT2D eigenvalue weighted by molar-refractivity contribution is 6.22. The lowest BCUT2D eigenvalue weighted by Gasteiger charge is -2.14. The van der Waals surface area contributed by atoms with Gasteiger partial charge in [0.25, 0.3) is 11.8 Å². The van der Waals surface area contributed by atoms with E-state index in [0.29, 0.717) is 17.9 Å². The summed E-state index contributed by atoms with van der Waals surface area (Å²) in [6, 6.07) is 12.8. The molecule has 0 radical (unpaired) electrons. The maximum Gasteiger partial charge on any atom is 0.338 e.